The van der Waals surface area contributed by atoms with Crippen molar-refractivity contribution in [3.63, 3.8) is 0 Å². The number of furan rings is 1. The van der Waals surface area contributed by atoms with Crippen molar-refractivity contribution >= 4 is 54.3 Å². The van der Waals surface area contributed by atoms with Crippen molar-refractivity contribution in [3.05, 3.63) is 237 Å². The first kappa shape index (κ1) is 38.5. The van der Waals surface area contributed by atoms with Crippen LogP contribution in [0.4, 0.5) is 0 Å². The maximum absolute atomic E-state index is 6.82. The van der Waals surface area contributed by atoms with Crippen LogP contribution in [0.25, 0.3) is 133 Å². The van der Waals surface area contributed by atoms with Crippen molar-refractivity contribution in [3.8, 4) is 78.7 Å². The minimum atomic E-state index is 0.577. The number of benzene rings is 11. The molecule has 0 atom stereocenters. The van der Waals surface area contributed by atoms with Crippen molar-refractivity contribution < 1.29 is 4.42 Å². The molecule has 2 heterocycles. The average Bonchev–Trinajstić information content (AvgIpc) is 3.81. The van der Waals surface area contributed by atoms with Crippen LogP contribution < -0.4 is 0 Å². The normalized spacial score (nSPS) is 11.6. The van der Waals surface area contributed by atoms with Gasteiger partial charge in [0.1, 0.15) is 11.2 Å². The predicted octanol–water partition coefficient (Wildman–Crippen LogP) is 16.9. The fourth-order valence-corrected chi connectivity index (χ4v) is 9.88. The predicted molar refractivity (Wildman–Crippen MR) is 278 cm³/mol. The molecule has 0 aliphatic heterocycles. The van der Waals surface area contributed by atoms with Crippen LogP contribution in [0.1, 0.15) is 0 Å². The summed E-state index contributed by atoms with van der Waals surface area (Å²) in [6.07, 6.45) is 0. The number of rotatable bonds is 7. The Balaban J connectivity index is 0.984. The van der Waals surface area contributed by atoms with Gasteiger partial charge in [-0.05, 0) is 95.5 Å². The maximum Gasteiger partial charge on any atom is 0.164 e. The first-order valence-corrected chi connectivity index (χ1v) is 22.7. The van der Waals surface area contributed by atoms with Gasteiger partial charge in [0.25, 0.3) is 0 Å². The molecular weight excluding hydrogens is 815 g/mol. The van der Waals surface area contributed by atoms with Gasteiger partial charge >= 0.3 is 0 Å². The summed E-state index contributed by atoms with van der Waals surface area (Å²) in [6, 6.07) is 83.4. The molecule has 4 nitrogen and oxygen atoms in total. The van der Waals surface area contributed by atoms with E-state index >= 15 is 0 Å². The monoisotopic (exact) mass is 853 g/mol. The topological polar surface area (TPSA) is 51.8 Å². The van der Waals surface area contributed by atoms with Gasteiger partial charge in [-0.25, -0.2) is 15.0 Å². The summed E-state index contributed by atoms with van der Waals surface area (Å²) in [5.41, 5.74) is 13.4. The van der Waals surface area contributed by atoms with Gasteiger partial charge < -0.3 is 4.42 Å². The molecule has 0 amide bonds. The highest BCUT2D eigenvalue weighted by atomic mass is 16.3. The summed E-state index contributed by atoms with van der Waals surface area (Å²) in [5.74, 6) is 1.77. The second-order valence-corrected chi connectivity index (χ2v) is 17.1. The van der Waals surface area contributed by atoms with Gasteiger partial charge in [0.15, 0.2) is 17.5 Å². The second kappa shape index (κ2) is 15.9. The smallest absolute Gasteiger partial charge is 0.164 e. The van der Waals surface area contributed by atoms with E-state index in [1.807, 2.05) is 18.2 Å². The van der Waals surface area contributed by atoms with Crippen LogP contribution in [0, 0.1) is 0 Å². The van der Waals surface area contributed by atoms with E-state index in [1.54, 1.807) is 0 Å². The molecule has 11 aromatic carbocycles. The Labute approximate surface area is 387 Å². The van der Waals surface area contributed by atoms with Gasteiger partial charge in [-0.1, -0.05) is 212 Å². The molecule has 67 heavy (non-hydrogen) atoms. The summed E-state index contributed by atoms with van der Waals surface area (Å²) in [6.45, 7) is 0. The summed E-state index contributed by atoms with van der Waals surface area (Å²) >= 11 is 0. The fraction of sp³-hybridized carbons (Fsp3) is 0. The van der Waals surface area contributed by atoms with E-state index in [4.69, 9.17) is 19.4 Å². The second-order valence-electron chi connectivity index (χ2n) is 17.1. The lowest BCUT2D eigenvalue weighted by molar-refractivity contribution is 0.670. The number of hydrogen-bond acceptors (Lipinski definition) is 4. The van der Waals surface area contributed by atoms with Crippen LogP contribution in [0.2, 0.25) is 0 Å². The molecule has 4 heteroatoms. The van der Waals surface area contributed by atoms with E-state index in [0.29, 0.717) is 17.5 Å². The molecule has 13 aromatic rings. The third kappa shape index (κ3) is 6.74. The zero-order valence-corrected chi connectivity index (χ0v) is 36.3. The van der Waals surface area contributed by atoms with E-state index < -0.39 is 0 Å². The first-order valence-electron chi connectivity index (χ1n) is 22.7. The van der Waals surface area contributed by atoms with Crippen LogP contribution >= 0.6 is 0 Å². The Bertz CT molecular complexity index is 3990. The molecule has 0 N–H and O–H groups in total. The molecule has 0 saturated heterocycles. The van der Waals surface area contributed by atoms with Crippen molar-refractivity contribution in [2.45, 2.75) is 0 Å². The average molecular weight is 854 g/mol. The molecule has 312 valence electrons. The Kier molecular flexibility index (Phi) is 9.14. The molecule has 13 rings (SSSR count). The molecular formula is C63H39N3O. The molecule has 0 spiro atoms. The fourth-order valence-electron chi connectivity index (χ4n) is 9.88. The Morgan fingerprint density at radius 1 is 0.239 bits per heavy atom. The van der Waals surface area contributed by atoms with E-state index in [-0.39, 0.29) is 0 Å². The van der Waals surface area contributed by atoms with Crippen LogP contribution in [-0.4, -0.2) is 15.0 Å². The van der Waals surface area contributed by atoms with Gasteiger partial charge in [0.05, 0.1) is 0 Å². The quantitative estimate of drug-likeness (QED) is 0.150. The Hall–Kier alpha value is -8.99. The highest BCUT2D eigenvalue weighted by Gasteiger charge is 2.21. The summed E-state index contributed by atoms with van der Waals surface area (Å²) in [5, 5.41) is 9.19. The number of hydrogen-bond donors (Lipinski definition) is 0. The zero-order chi connectivity index (χ0) is 44.3. The van der Waals surface area contributed by atoms with E-state index in [9.17, 15) is 0 Å². The third-order valence-corrected chi connectivity index (χ3v) is 13.1. The summed E-state index contributed by atoms with van der Waals surface area (Å²) in [4.78, 5) is 15.9. The van der Waals surface area contributed by atoms with Crippen molar-refractivity contribution in [2.24, 2.45) is 0 Å². The number of nitrogens with zero attached hydrogens (tertiary/aromatic N) is 3. The van der Waals surface area contributed by atoms with Crippen LogP contribution in [0.3, 0.4) is 0 Å². The lowest BCUT2D eigenvalue weighted by atomic mass is 9.93. The SMILES string of the molecule is c1ccc(-c2cccc(-c3ccc(-c4nc(-c5ccc6c7ccccc7c7ccccc7c6c5)nc(-c5cccc6oc7c(-c8cccc(-c9ccccc9)c8)cccc7c56)n4)cc3)c2)cc1. The molecule has 0 aliphatic rings. The summed E-state index contributed by atoms with van der Waals surface area (Å²) < 4.78 is 6.82. The van der Waals surface area contributed by atoms with Crippen LogP contribution in [0.5, 0.6) is 0 Å². The van der Waals surface area contributed by atoms with Crippen molar-refractivity contribution in [1.82, 2.24) is 15.0 Å². The highest BCUT2D eigenvalue weighted by molar-refractivity contribution is 6.25. The van der Waals surface area contributed by atoms with Gasteiger partial charge in [-0.2, -0.15) is 0 Å². The summed E-state index contributed by atoms with van der Waals surface area (Å²) in [7, 11) is 0. The Morgan fingerprint density at radius 2 is 0.657 bits per heavy atom. The first-order chi connectivity index (χ1) is 33.2. The molecule has 0 bridgehead atoms. The lowest BCUT2D eigenvalue weighted by Gasteiger charge is -2.13. The van der Waals surface area contributed by atoms with Gasteiger partial charge in [0.2, 0.25) is 0 Å². The number of aromatic nitrogens is 3. The molecule has 2 aromatic heterocycles. The Morgan fingerprint density at radius 3 is 1.30 bits per heavy atom. The molecule has 0 unspecified atom stereocenters. The standard InChI is InChI=1S/C63H39N3O/c1-3-15-40(16-4-1)44-19-11-20-45(37-44)42-31-33-43(34-32-42)61-64-62(48-35-36-54-52-25-8-7-23-50(52)51-24-9-10-26-53(51)57(54)39-48)66-63(65-61)56-29-14-30-58-59(56)55-28-13-27-49(60(55)67-58)47-22-12-21-46(38-47)41-17-5-2-6-18-41/h1-39H. The van der Waals surface area contributed by atoms with E-state index in [1.165, 1.54) is 43.6 Å². The lowest BCUT2D eigenvalue weighted by Crippen LogP contribution is -2.00. The van der Waals surface area contributed by atoms with E-state index in [0.717, 1.165) is 71.8 Å². The van der Waals surface area contributed by atoms with Gasteiger partial charge in [-0.3, -0.25) is 0 Å². The highest BCUT2D eigenvalue weighted by Crippen LogP contribution is 2.42. The maximum atomic E-state index is 6.82. The minimum Gasteiger partial charge on any atom is -0.455 e. The van der Waals surface area contributed by atoms with Crippen molar-refractivity contribution in [2.75, 3.05) is 0 Å². The third-order valence-electron chi connectivity index (χ3n) is 13.1. The molecule has 0 saturated carbocycles. The minimum absolute atomic E-state index is 0.577. The van der Waals surface area contributed by atoms with Crippen LogP contribution in [0.15, 0.2) is 241 Å². The van der Waals surface area contributed by atoms with Crippen LogP contribution in [-0.2, 0) is 0 Å². The zero-order valence-electron chi connectivity index (χ0n) is 36.3. The number of fused-ring (bicyclic) bond motifs is 9. The molecule has 0 aliphatic carbocycles. The van der Waals surface area contributed by atoms with Crippen molar-refractivity contribution in [1.29, 1.82) is 0 Å². The van der Waals surface area contributed by atoms with Gasteiger partial charge in [-0.15, -0.1) is 0 Å². The molecule has 0 fully saturated rings. The molecule has 0 radical (unpaired) electrons. The van der Waals surface area contributed by atoms with Gasteiger partial charge in [0, 0.05) is 33.0 Å². The number of para-hydroxylation sites is 1. The largest absolute Gasteiger partial charge is 0.455 e. The van der Waals surface area contributed by atoms with E-state index in [2.05, 4.69) is 218 Å².